The van der Waals surface area contributed by atoms with Crippen LogP contribution in [0.25, 0.3) is 0 Å². The minimum absolute atomic E-state index is 0.0303. The van der Waals surface area contributed by atoms with Crippen molar-refractivity contribution >= 4 is 11.6 Å². The minimum atomic E-state index is -0.0303. The number of hydrogen-bond donors (Lipinski definition) is 1. The average Bonchev–Trinajstić information content (AvgIpc) is 2.55. The molecule has 1 amide bonds. The smallest absolute Gasteiger partial charge is 0.227 e. The van der Waals surface area contributed by atoms with Gasteiger partial charge in [0.25, 0.3) is 0 Å². The van der Waals surface area contributed by atoms with Gasteiger partial charge in [0.05, 0.1) is 13.0 Å². The van der Waals surface area contributed by atoms with E-state index in [1.807, 2.05) is 42.5 Å². The molecule has 0 radical (unpaired) electrons. The van der Waals surface area contributed by atoms with Gasteiger partial charge in [-0.25, -0.2) is 0 Å². The van der Waals surface area contributed by atoms with E-state index < -0.39 is 0 Å². The lowest BCUT2D eigenvalue weighted by Crippen LogP contribution is -2.15. The van der Waals surface area contributed by atoms with Gasteiger partial charge in [-0.05, 0) is 42.7 Å². The lowest BCUT2D eigenvalue weighted by Gasteiger charge is -2.08. The Hall–Kier alpha value is -2.29. The summed E-state index contributed by atoms with van der Waals surface area (Å²) in [4.78, 5) is 11.9. The lowest BCUT2D eigenvalue weighted by atomic mass is 10.1. The number of benzene rings is 2. The molecule has 3 heteroatoms. The summed E-state index contributed by atoms with van der Waals surface area (Å²) in [5.41, 5.74) is 2.15. The Morgan fingerprint density at radius 3 is 2.45 bits per heavy atom. The summed E-state index contributed by atoms with van der Waals surface area (Å²) in [6.07, 6.45) is 3.82. The third-order valence-corrected chi connectivity index (χ3v) is 3.40. The quantitative estimate of drug-likeness (QED) is 0.782. The first-order valence-corrected chi connectivity index (χ1v) is 7.84. The largest absolute Gasteiger partial charge is 0.493 e. The SMILES string of the molecule is CCCCc1ccc(NC(=O)CCOc2ccccc2)cc1. The van der Waals surface area contributed by atoms with E-state index in [2.05, 4.69) is 24.4 Å². The average molecular weight is 297 g/mol. The van der Waals surface area contributed by atoms with Crippen molar-refractivity contribution in [2.45, 2.75) is 32.6 Å². The Bertz CT molecular complexity index is 564. The van der Waals surface area contributed by atoms with Crippen LogP contribution in [0.15, 0.2) is 54.6 Å². The van der Waals surface area contributed by atoms with Crippen LogP contribution in [0.4, 0.5) is 5.69 Å². The van der Waals surface area contributed by atoms with E-state index >= 15 is 0 Å². The monoisotopic (exact) mass is 297 g/mol. The van der Waals surface area contributed by atoms with E-state index in [-0.39, 0.29) is 5.91 Å². The van der Waals surface area contributed by atoms with Crippen LogP contribution in [0.5, 0.6) is 5.75 Å². The Morgan fingerprint density at radius 2 is 1.77 bits per heavy atom. The van der Waals surface area contributed by atoms with E-state index in [1.165, 1.54) is 18.4 Å². The summed E-state index contributed by atoms with van der Waals surface area (Å²) in [5, 5.41) is 2.89. The van der Waals surface area contributed by atoms with Gasteiger partial charge in [-0.2, -0.15) is 0 Å². The minimum Gasteiger partial charge on any atom is -0.493 e. The maximum Gasteiger partial charge on any atom is 0.227 e. The molecule has 2 rings (SSSR count). The zero-order valence-corrected chi connectivity index (χ0v) is 13.0. The molecule has 0 bridgehead atoms. The standard InChI is InChI=1S/C19H23NO2/c1-2-3-7-16-10-12-17(13-11-16)20-19(21)14-15-22-18-8-5-4-6-9-18/h4-6,8-13H,2-3,7,14-15H2,1H3,(H,20,21). The van der Waals surface area contributed by atoms with Crippen molar-refractivity contribution in [3.63, 3.8) is 0 Å². The first-order valence-electron chi connectivity index (χ1n) is 7.84. The molecule has 0 spiro atoms. The van der Waals surface area contributed by atoms with E-state index in [1.54, 1.807) is 0 Å². The van der Waals surface area contributed by atoms with Gasteiger partial charge in [0.1, 0.15) is 5.75 Å². The predicted molar refractivity (Wildman–Crippen MR) is 90.2 cm³/mol. The molecule has 2 aromatic rings. The van der Waals surface area contributed by atoms with E-state index in [4.69, 9.17) is 4.74 Å². The summed E-state index contributed by atoms with van der Waals surface area (Å²) in [5.74, 6) is 0.757. The van der Waals surface area contributed by atoms with Gasteiger partial charge in [-0.3, -0.25) is 4.79 Å². The van der Waals surface area contributed by atoms with Crippen LogP contribution in [0.2, 0.25) is 0 Å². The molecule has 0 saturated carbocycles. The molecule has 0 saturated heterocycles. The van der Waals surface area contributed by atoms with Gasteiger partial charge in [0, 0.05) is 5.69 Å². The fourth-order valence-corrected chi connectivity index (χ4v) is 2.14. The number of anilines is 1. The molecule has 1 N–H and O–H groups in total. The maximum absolute atomic E-state index is 11.9. The highest BCUT2D eigenvalue weighted by Crippen LogP contribution is 2.12. The van der Waals surface area contributed by atoms with Gasteiger partial charge in [0.15, 0.2) is 0 Å². The molecule has 116 valence electrons. The molecule has 0 aliphatic heterocycles. The van der Waals surface area contributed by atoms with Crippen LogP contribution in [-0.4, -0.2) is 12.5 Å². The number of para-hydroxylation sites is 1. The van der Waals surface area contributed by atoms with E-state index in [0.717, 1.165) is 17.9 Å². The summed E-state index contributed by atoms with van der Waals surface area (Å²) in [6, 6.07) is 17.6. The molecule has 0 aliphatic rings. The third kappa shape index (κ3) is 5.60. The van der Waals surface area contributed by atoms with E-state index in [9.17, 15) is 4.79 Å². The van der Waals surface area contributed by atoms with E-state index in [0.29, 0.717) is 13.0 Å². The number of carbonyl (C=O) groups excluding carboxylic acids is 1. The van der Waals surface area contributed by atoms with Crippen LogP contribution < -0.4 is 10.1 Å². The highest BCUT2D eigenvalue weighted by Gasteiger charge is 2.03. The van der Waals surface area contributed by atoms with Crippen molar-refractivity contribution in [1.29, 1.82) is 0 Å². The summed E-state index contributed by atoms with van der Waals surface area (Å²) in [7, 11) is 0. The van der Waals surface area contributed by atoms with Crippen LogP contribution in [0.1, 0.15) is 31.7 Å². The molecule has 22 heavy (non-hydrogen) atoms. The van der Waals surface area contributed by atoms with Crippen molar-refractivity contribution in [1.82, 2.24) is 0 Å². The highest BCUT2D eigenvalue weighted by atomic mass is 16.5. The van der Waals surface area contributed by atoms with Gasteiger partial charge in [-0.1, -0.05) is 43.7 Å². The van der Waals surface area contributed by atoms with Crippen molar-refractivity contribution in [2.24, 2.45) is 0 Å². The second kappa shape index (κ2) is 8.88. The number of unbranched alkanes of at least 4 members (excludes halogenated alkanes) is 1. The van der Waals surface area contributed by atoms with Crippen molar-refractivity contribution in [3.05, 3.63) is 60.2 Å². The van der Waals surface area contributed by atoms with Gasteiger partial charge in [-0.15, -0.1) is 0 Å². The molecule has 2 aromatic carbocycles. The van der Waals surface area contributed by atoms with Gasteiger partial charge < -0.3 is 10.1 Å². The Labute approximate surface area is 132 Å². The number of hydrogen-bond acceptors (Lipinski definition) is 2. The highest BCUT2D eigenvalue weighted by molar-refractivity contribution is 5.90. The summed E-state index contributed by atoms with van der Waals surface area (Å²) >= 11 is 0. The fourth-order valence-electron chi connectivity index (χ4n) is 2.14. The number of amides is 1. The Morgan fingerprint density at radius 1 is 1.05 bits per heavy atom. The molecular weight excluding hydrogens is 274 g/mol. The molecule has 0 unspecified atom stereocenters. The molecule has 0 aromatic heterocycles. The van der Waals surface area contributed by atoms with Crippen molar-refractivity contribution in [2.75, 3.05) is 11.9 Å². The molecule has 3 nitrogen and oxygen atoms in total. The van der Waals surface area contributed by atoms with Crippen LogP contribution >= 0.6 is 0 Å². The number of rotatable bonds is 8. The second-order valence-electron chi connectivity index (χ2n) is 5.26. The zero-order valence-electron chi connectivity index (χ0n) is 13.0. The molecule has 0 atom stereocenters. The first kappa shape index (κ1) is 16.1. The normalized spacial score (nSPS) is 10.2. The topological polar surface area (TPSA) is 38.3 Å². The number of nitrogens with one attached hydrogen (secondary N) is 1. The van der Waals surface area contributed by atoms with Gasteiger partial charge >= 0.3 is 0 Å². The number of aryl methyl sites for hydroxylation is 1. The molecule has 0 fully saturated rings. The third-order valence-electron chi connectivity index (χ3n) is 3.40. The Balaban J connectivity index is 1.72. The summed E-state index contributed by atoms with van der Waals surface area (Å²) < 4.78 is 5.52. The van der Waals surface area contributed by atoms with Crippen LogP contribution in [-0.2, 0) is 11.2 Å². The number of ether oxygens (including phenoxy) is 1. The molecule has 0 heterocycles. The van der Waals surface area contributed by atoms with Gasteiger partial charge in [0.2, 0.25) is 5.91 Å². The molecule has 0 aliphatic carbocycles. The van der Waals surface area contributed by atoms with Crippen molar-refractivity contribution in [3.8, 4) is 5.75 Å². The summed E-state index contributed by atoms with van der Waals surface area (Å²) in [6.45, 7) is 2.57. The fraction of sp³-hybridized carbons (Fsp3) is 0.316. The van der Waals surface area contributed by atoms with Crippen LogP contribution in [0, 0.1) is 0 Å². The Kier molecular flexibility index (Phi) is 6.49. The zero-order chi connectivity index (χ0) is 15.6. The second-order valence-corrected chi connectivity index (χ2v) is 5.26. The van der Waals surface area contributed by atoms with Crippen molar-refractivity contribution < 1.29 is 9.53 Å². The predicted octanol–water partition coefficient (Wildman–Crippen LogP) is 4.44. The maximum atomic E-state index is 11.9. The van der Waals surface area contributed by atoms with Crippen LogP contribution in [0.3, 0.4) is 0 Å². The number of carbonyl (C=O) groups is 1. The lowest BCUT2D eigenvalue weighted by molar-refractivity contribution is -0.116. The first-order chi connectivity index (χ1) is 10.8. The molecular formula is C19H23NO2.